The molecule has 2 aromatic rings. The van der Waals surface area contributed by atoms with Crippen molar-refractivity contribution in [2.75, 3.05) is 32.7 Å². The molecule has 0 aliphatic carbocycles. The molecule has 3 rings (SSSR count). The summed E-state index contributed by atoms with van der Waals surface area (Å²) in [6, 6.07) is 10.5. The SMILES string of the molecule is CCN1CCCN(Cc2csc(-c3ccccc3)n2)CC1. The highest BCUT2D eigenvalue weighted by Gasteiger charge is 2.15. The van der Waals surface area contributed by atoms with Crippen molar-refractivity contribution >= 4 is 11.3 Å². The van der Waals surface area contributed by atoms with Gasteiger partial charge in [0.2, 0.25) is 0 Å². The van der Waals surface area contributed by atoms with Gasteiger partial charge in [0.25, 0.3) is 0 Å². The molecule has 1 saturated heterocycles. The molecule has 1 aromatic heterocycles. The molecule has 3 nitrogen and oxygen atoms in total. The molecular weight excluding hydrogens is 278 g/mol. The van der Waals surface area contributed by atoms with Crippen LogP contribution in [0, 0.1) is 0 Å². The van der Waals surface area contributed by atoms with Crippen LogP contribution in [0.5, 0.6) is 0 Å². The van der Waals surface area contributed by atoms with Gasteiger partial charge in [-0.05, 0) is 26.1 Å². The Morgan fingerprint density at radius 3 is 2.62 bits per heavy atom. The summed E-state index contributed by atoms with van der Waals surface area (Å²) in [4.78, 5) is 9.89. The van der Waals surface area contributed by atoms with Gasteiger partial charge in [-0.1, -0.05) is 37.3 Å². The van der Waals surface area contributed by atoms with E-state index < -0.39 is 0 Å². The molecule has 0 bridgehead atoms. The van der Waals surface area contributed by atoms with E-state index in [2.05, 4.69) is 52.4 Å². The number of rotatable bonds is 4. The zero-order valence-electron chi connectivity index (χ0n) is 12.7. The standard InChI is InChI=1S/C17H23N3S/c1-2-19-9-6-10-20(12-11-19)13-16-14-21-17(18-16)15-7-4-3-5-8-15/h3-5,7-8,14H,2,6,9-13H2,1H3. The molecule has 4 heteroatoms. The summed E-state index contributed by atoms with van der Waals surface area (Å²) in [6.45, 7) is 9.18. The third kappa shape index (κ3) is 3.90. The Morgan fingerprint density at radius 1 is 1.05 bits per heavy atom. The highest BCUT2D eigenvalue weighted by atomic mass is 32.1. The Balaban J connectivity index is 1.62. The number of nitrogens with zero attached hydrogens (tertiary/aromatic N) is 3. The van der Waals surface area contributed by atoms with Crippen LogP contribution in [-0.2, 0) is 6.54 Å². The fraction of sp³-hybridized carbons (Fsp3) is 0.471. The lowest BCUT2D eigenvalue weighted by Gasteiger charge is -2.19. The summed E-state index contributed by atoms with van der Waals surface area (Å²) in [7, 11) is 0. The van der Waals surface area contributed by atoms with Crippen molar-refractivity contribution in [3.8, 4) is 10.6 Å². The van der Waals surface area contributed by atoms with E-state index >= 15 is 0 Å². The van der Waals surface area contributed by atoms with Gasteiger partial charge in [0, 0.05) is 30.6 Å². The highest BCUT2D eigenvalue weighted by molar-refractivity contribution is 7.13. The minimum Gasteiger partial charge on any atom is -0.302 e. The van der Waals surface area contributed by atoms with Gasteiger partial charge in [0.1, 0.15) is 5.01 Å². The molecule has 0 amide bonds. The molecule has 1 aromatic carbocycles. The number of hydrogen-bond acceptors (Lipinski definition) is 4. The maximum absolute atomic E-state index is 4.81. The first kappa shape index (κ1) is 14.7. The maximum Gasteiger partial charge on any atom is 0.123 e. The molecule has 1 aliphatic rings. The third-order valence-corrected chi connectivity index (χ3v) is 5.03. The van der Waals surface area contributed by atoms with Gasteiger partial charge in [-0.3, -0.25) is 4.90 Å². The Labute approximate surface area is 131 Å². The van der Waals surface area contributed by atoms with Crippen molar-refractivity contribution in [1.82, 2.24) is 14.8 Å². The molecule has 0 unspecified atom stereocenters. The second-order valence-electron chi connectivity index (χ2n) is 5.57. The van der Waals surface area contributed by atoms with Crippen LogP contribution in [-0.4, -0.2) is 47.5 Å². The van der Waals surface area contributed by atoms with Gasteiger partial charge in [0.15, 0.2) is 0 Å². The molecule has 0 N–H and O–H groups in total. The van der Waals surface area contributed by atoms with E-state index in [1.54, 1.807) is 11.3 Å². The number of likely N-dealkylation sites (N-methyl/N-ethyl adjacent to an activating group) is 1. The van der Waals surface area contributed by atoms with Crippen molar-refractivity contribution < 1.29 is 0 Å². The zero-order valence-corrected chi connectivity index (χ0v) is 13.5. The van der Waals surface area contributed by atoms with Crippen molar-refractivity contribution in [3.63, 3.8) is 0 Å². The molecule has 21 heavy (non-hydrogen) atoms. The molecule has 0 atom stereocenters. The van der Waals surface area contributed by atoms with Crippen LogP contribution in [0.2, 0.25) is 0 Å². The first-order chi connectivity index (χ1) is 10.3. The van der Waals surface area contributed by atoms with Crippen LogP contribution in [0.3, 0.4) is 0 Å². The number of aromatic nitrogens is 1. The van der Waals surface area contributed by atoms with Crippen LogP contribution in [0.25, 0.3) is 10.6 Å². The summed E-state index contributed by atoms with van der Waals surface area (Å²) in [5, 5.41) is 3.35. The van der Waals surface area contributed by atoms with Crippen LogP contribution in [0.1, 0.15) is 19.0 Å². The Bertz CT molecular complexity index is 552. The van der Waals surface area contributed by atoms with Gasteiger partial charge in [-0.25, -0.2) is 4.98 Å². The van der Waals surface area contributed by atoms with E-state index in [-0.39, 0.29) is 0 Å². The molecule has 0 saturated carbocycles. The molecular formula is C17H23N3S. The van der Waals surface area contributed by atoms with Crippen molar-refractivity contribution in [1.29, 1.82) is 0 Å². The summed E-state index contributed by atoms with van der Waals surface area (Å²) in [5.74, 6) is 0. The summed E-state index contributed by atoms with van der Waals surface area (Å²) in [5.41, 5.74) is 2.44. The number of hydrogen-bond donors (Lipinski definition) is 0. The van der Waals surface area contributed by atoms with E-state index in [1.807, 2.05) is 0 Å². The van der Waals surface area contributed by atoms with Crippen molar-refractivity contribution in [2.45, 2.75) is 19.9 Å². The lowest BCUT2D eigenvalue weighted by atomic mass is 10.2. The topological polar surface area (TPSA) is 19.4 Å². The molecule has 0 radical (unpaired) electrons. The van der Waals surface area contributed by atoms with Crippen LogP contribution in [0.15, 0.2) is 35.7 Å². The van der Waals surface area contributed by atoms with Gasteiger partial charge >= 0.3 is 0 Å². The van der Waals surface area contributed by atoms with Crippen LogP contribution in [0.4, 0.5) is 0 Å². The monoisotopic (exact) mass is 301 g/mol. The fourth-order valence-corrected chi connectivity index (χ4v) is 3.64. The minimum absolute atomic E-state index is 0.987. The van der Waals surface area contributed by atoms with Crippen molar-refractivity contribution in [3.05, 3.63) is 41.4 Å². The Kier molecular flexibility index (Phi) is 5.01. The second-order valence-corrected chi connectivity index (χ2v) is 6.43. The number of thiazole rings is 1. The second kappa shape index (κ2) is 7.16. The molecule has 1 aliphatic heterocycles. The Hall–Kier alpha value is -1.23. The lowest BCUT2D eigenvalue weighted by Crippen LogP contribution is -2.30. The smallest absolute Gasteiger partial charge is 0.123 e. The maximum atomic E-state index is 4.81. The Morgan fingerprint density at radius 2 is 1.81 bits per heavy atom. The van der Waals surface area contributed by atoms with Crippen molar-refractivity contribution in [2.24, 2.45) is 0 Å². The highest BCUT2D eigenvalue weighted by Crippen LogP contribution is 2.24. The normalized spacial score (nSPS) is 17.8. The van der Waals surface area contributed by atoms with Gasteiger partial charge in [-0.2, -0.15) is 0 Å². The van der Waals surface area contributed by atoms with Gasteiger partial charge < -0.3 is 4.90 Å². The summed E-state index contributed by atoms with van der Waals surface area (Å²) in [6.07, 6.45) is 1.27. The molecule has 0 spiro atoms. The summed E-state index contributed by atoms with van der Waals surface area (Å²) >= 11 is 1.75. The third-order valence-electron chi connectivity index (χ3n) is 4.09. The molecule has 2 heterocycles. The zero-order chi connectivity index (χ0) is 14.5. The van der Waals surface area contributed by atoms with E-state index in [0.29, 0.717) is 0 Å². The largest absolute Gasteiger partial charge is 0.302 e. The predicted octanol–water partition coefficient (Wildman–Crippen LogP) is 3.34. The first-order valence-corrected chi connectivity index (χ1v) is 8.67. The van der Waals surface area contributed by atoms with Gasteiger partial charge in [0.05, 0.1) is 5.69 Å². The van der Waals surface area contributed by atoms with E-state index in [0.717, 1.165) is 18.1 Å². The fourth-order valence-electron chi connectivity index (χ4n) is 2.82. The van der Waals surface area contributed by atoms with E-state index in [1.165, 1.54) is 43.9 Å². The minimum atomic E-state index is 0.987. The van der Waals surface area contributed by atoms with E-state index in [9.17, 15) is 0 Å². The summed E-state index contributed by atoms with van der Waals surface area (Å²) < 4.78 is 0. The molecule has 112 valence electrons. The average Bonchev–Trinajstić information content (AvgIpc) is 2.87. The first-order valence-electron chi connectivity index (χ1n) is 7.79. The quantitative estimate of drug-likeness (QED) is 0.863. The van der Waals surface area contributed by atoms with Crippen LogP contribution >= 0.6 is 11.3 Å². The molecule has 1 fully saturated rings. The number of benzene rings is 1. The average molecular weight is 301 g/mol. The van der Waals surface area contributed by atoms with E-state index in [4.69, 9.17) is 4.98 Å². The lowest BCUT2D eigenvalue weighted by molar-refractivity contribution is 0.256. The predicted molar refractivity (Wildman–Crippen MR) is 89.6 cm³/mol. The van der Waals surface area contributed by atoms with Gasteiger partial charge in [-0.15, -0.1) is 11.3 Å². The van der Waals surface area contributed by atoms with Crippen LogP contribution < -0.4 is 0 Å².